The molecule has 0 heterocycles. The molecule has 0 saturated carbocycles. The van der Waals surface area contributed by atoms with Crippen molar-refractivity contribution >= 4 is 23.6 Å². The molecule has 1 N–H and O–H groups in total. The quantitative estimate of drug-likeness (QED) is 0.323. The predicted octanol–water partition coefficient (Wildman–Crippen LogP) is 5.80. The Labute approximate surface area is 200 Å². The summed E-state index contributed by atoms with van der Waals surface area (Å²) in [5.41, 5.74) is 4.07. The number of amides is 1. The van der Waals surface area contributed by atoms with Gasteiger partial charge in [0, 0.05) is 11.8 Å². The molecule has 0 unspecified atom stereocenters. The minimum atomic E-state index is -0.395. The number of rotatable bonds is 9. The van der Waals surface area contributed by atoms with Gasteiger partial charge in [-0.05, 0) is 79.9 Å². The fourth-order valence-electron chi connectivity index (χ4n) is 3.16. The summed E-state index contributed by atoms with van der Waals surface area (Å²) in [5, 5.41) is 2.77. The second-order valence-electron chi connectivity index (χ2n) is 7.98. The van der Waals surface area contributed by atoms with Crippen molar-refractivity contribution in [3.63, 3.8) is 0 Å². The Hall–Kier alpha value is -4.06. The van der Waals surface area contributed by atoms with Crippen molar-refractivity contribution in [3.05, 3.63) is 95.1 Å². The Morgan fingerprint density at radius 1 is 0.971 bits per heavy atom. The maximum absolute atomic E-state index is 12.3. The number of esters is 1. The molecule has 0 bridgehead atoms. The van der Waals surface area contributed by atoms with Crippen LogP contribution < -0.4 is 14.8 Å². The molecule has 0 atom stereocenters. The Morgan fingerprint density at radius 3 is 2.38 bits per heavy atom. The first kappa shape index (κ1) is 24.6. The minimum Gasteiger partial charge on any atom is -0.493 e. The molecule has 6 nitrogen and oxygen atoms in total. The third kappa shape index (κ3) is 6.97. The van der Waals surface area contributed by atoms with E-state index in [0.29, 0.717) is 29.4 Å². The van der Waals surface area contributed by atoms with Gasteiger partial charge in [-0.1, -0.05) is 30.3 Å². The highest BCUT2D eigenvalue weighted by Crippen LogP contribution is 2.29. The van der Waals surface area contributed by atoms with Crippen LogP contribution in [0.1, 0.15) is 40.9 Å². The Kier molecular flexibility index (Phi) is 8.46. The molecule has 0 aliphatic heterocycles. The van der Waals surface area contributed by atoms with Crippen LogP contribution in [0.5, 0.6) is 11.5 Å². The first-order valence-corrected chi connectivity index (χ1v) is 11.0. The van der Waals surface area contributed by atoms with Gasteiger partial charge in [0.2, 0.25) is 5.91 Å². The first-order chi connectivity index (χ1) is 16.4. The number of carbonyl (C=O) groups is 2. The highest BCUT2D eigenvalue weighted by molar-refractivity contribution is 6.02. The molecule has 0 aliphatic rings. The maximum Gasteiger partial charge on any atom is 0.338 e. The van der Waals surface area contributed by atoms with Crippen molar-refractivity contribution in [2.24, 2.45) is 0 Å². The topological polar surface area (TPSA) is 73.9 Å². The average molecular weight is 460 g/mol. The zero-order valence-electron chi connectivity index (χ0n) is 19.8. The molecule has 1 amide bonds. The summed E-state index contributed by atoms with van der Waals surface area (Å²) in [6.45, 7) is 6.07. The van der Waals surface area contributed by atoms with Crippen molar-refractivity contribution in [1.82, 2.24) is 0 Å². The lowest BCUT2D eigenvalue weighted by Crippen LogP contribution is -2.12. The molecule has 6 heteroatoms. The molecular formula is C28H29NO5. The molecule has 0 radical (unpaired) electrons. The van der Waals surface area contributed by atoms with E-state index in [2.05, 4.69) is 5.32 Å². The van der Waals surface area contributed by atoms with E-state index in [-0.39, 0.29) is 12.0 Å². The summed E-state index contributed by atoms with van der Waals surface area (Å²) in [6.07, 6.45) is 2.94. The Balaban J connectivity index is 1.59. The fraction of sp³-hybridized carbons (Fsp3) is 0.214. The molecule has 0 spiro atoms. The van der Waals surface area contributed by atoms with Gasteiger partial charge in [-0.25, -0.2) is 4.79 Å². The summed E-state index contributed by atoms with van der Waals surface area (Å²) < 4.78 is 16.6. The zero-order valence-corrected chi connectivity index (χ0v) is 19.8. The van der Waals surface area contributed by atoms with Gasteiger partial charge < -0.3 is 19.5 Å². The van der Waals surface area contributed by atoms with Gasteiger partial charge in [-0.3, -0.25) is 4.79 Å². The summed E-state index contributed by atoms with van der Waals surface area (Å²) in [5.74, 6) is 0.521. The zero-order chi connectivity index (χ0) is 24.5. The summed E-state index contributed by atoms with van der Waals surface area (Å²) in [6, 6.07) is 20.1. The van der Waals surface area contributed by atoms with Crippen molar-refractivity contribution < 1.29 is 23.8 Å². The van der Waals surface area contributed by atoms with Gasteiger partial charge in [0.15, 0.2) is 11.5 Å². The standard InChI is InChI=1S/C28H29NO5/c1-19(2)34-28(31)22-11-13-24(14-12-22)29-27(30)16-10-21-9-15-25(26(17-21)32-4)33-18-23-8-6-5-7-20(23)3/h5-17,19H,18H2,1-4H3,(H,29,30)/b16-10+. The lowest BCUT2D eigenvalue weighted by atomic mass is 10.1. The summed E-state index contributed by atoms with van der Waals surface area (Å²) in [4.78, 5) is 24.2. The van der Waals surface area contributed by atoms with E-state index in [4.69, 9.17) is 14.2 Å². The van der Waals surface area contributed by atoms with Crippen LogP contribution in [0.4, 0.5) is 5.69 Å². The lowest BCUT2D eigenvalue weighted by Gasteiger charge is -2.12. The van der Waals surface area contributed by atoms with Gasteiger partial charge in [0.1, 0.15) is 6.61 Å². The van der Waals surface area contributed by atoms with E-state index in [1.807, 2.05) is 49.4 Å². The van der Waals surface area contributed by atoms with Gasteiger partial charge in [-0.15, -0.1) is 0 Å². The smallest absolute Gasteiger partial charge is 0.338 e. The van der Waals surface area contributed by atoms with Crippen LogP contribution in [0.25, 0.3) is 6.08 Å². The minimum absolute atomic E-state index is 0.190. The number of aryl methyl sites for hydroxylation is 1. The summed E-state index contributed by atoms with van der Waals surface area (Å²) in [7, 11) is 1.58. The van der Waals surface area contributed by atoms with Gasteiger partial charge in [-0.2, -0.15) is 0 Å². The number of nitrogens with one attached hydrogen (secondary N) is 1. The van der Waals surface area contributed by atoms with Crippen molar-refractivity contribution in [2.75, 3.05) is 12.4 Å². The SMILES string of the molecule is COc1cc(/C=C/C(=O)Nc2ccc(C(=O)OC(C)C)cc2)ccc1OCc1ccccc1C. The molecule has 34 heavy (non-hydrogen) atoms. The molecule has 176 valence electrons. The fourth-order valence-corrected chi connectivity index (χ4v) is 3.16. The number of hydrogen-bond acceptors (Lipinski definition) is 5. The van der Waals surface area contributed by atoms with E-state index in [9.17, 15) is 9.59 Å². The number of hydrogen-bond donors (Lipinski definition) is 1. The second-order valence-corrected chi connectivity index (χ2v) is 7.98. The van der Waals surface area contributed by atoms with Crippen molar-refractivity contribution in [3.8, 4) is 11.5 Å². The molecule has 0 fully saturated rings. The predicted molar refractivity (Wildman–Crippen MR) is 133 cm³/mol. The molecule has 0 saturated heterocycles. The van der Waals surface area contributed by atoms with E-state index in [0.717, 1.165) is 16.7 Å². The molecule has 3 aromatic carbocycles. The van der Waals surface area contributed by atoms with Gasteiger partial charge in [0.05, 0.1) is 18.8 Å². The van der Waals surface area contributed by atoms with Crippen LogP contribution in [-0.2, 0) is 16.1 Å². The number of benzene rings is 3. The van der Waals surface area contributed by atoms with E-state index < -0.39 is 5.97 Å². The number of methoxy groups -OCH3 is 1. The number of carbonyl (C=O) groups excluding carboxylic acids is 2. The summed E-state index contributed by atoms with van der Waals surface area (Å²) >= 11 is 0. The van der Waals surface area contributed by atoms with Crippen LogP contribution in [0.15, 0.2) is 72.8 Å². The molecule has 0 aliphatic carbocycles. The lowest BCUT2D eigenvalue weighted by molar-refractivity contribution is -0.111. The monoisotopic (exact) mass is 459 g/mol. The van der Waals surface area contributed by atoms with E-state index in [1.54, 1.807) is 51.3 Å². The highest BCUT2D eigenvalue weighted by Gasteiger charge is 2.10. The Morgan fingerprint density at radius 2 is 1.71 bits per heavy atom. The average Bonchev–Trinajstić information content (AvgIpc) is 2.82. The van der Waals surface area contributed by atoms with Crippen LogP contribution in [0, 0.1) is 6.92 Å². The molecular weight excluding hydrogens is 430 g/mol. The van der Waals surface area contributed by atoms with Crippen molar-refractivity contribution in [1.29, 1.82) is 0 Å². The largest absolute Gasteiger partial charge is 0.493 e. The molecule has 0 aromatic heterocycles. The highest BCUT2D eigenvalue weighted by atomic mass is 16.5. The maximum atomic E-state index is 12.3. The number of anilines is 1. The van der Waals surface area contributed by atoms with E-state index in [1.165, 1.54) is 6.08 Å². The van der Waals surface area contributed by atoms with Gasteiger partial charge in [0.25, 0.3) is 0 Å². The molecule has 3 rings (SSSR count). The normalized spacial score (nSPS) is 10.9. The number of ether oxygens (including phenoxy) is 3. The van der Waals surface area contributed by atoms with Crippen LogP contribution in [0.3, 0.4) is 0 Å². The van der Waals surface area contributed by atoms with Crippen LogP contribution >= 0.6 is 0 Å². The van der Waals surface area contributed by atoms with Gasteiger partial charge >= 0.3 is 5.97 Å². The third-order valence-electron chi connectivity index (χ3n) is 4.99. The first-order valence-electron chi connectivity index (χ1n) is 11.0. The van der Waals surface area contributed by atoms with Crippen LogP contribution in [-0.4, -0.2) is 25.1 Å². The third-order valence-corrected chi connectivity index (χ3v) is 4.99. The van der Waals surface area contributed by atoms with Crippen LogP contribution in [0.2, 0.25) is 0 Å². The Bertz CT molecular complexity index is 1170. The molecule has 3 aromatic rings. The van der Waals surface area contributed by atoms with E-state index >= 15 is 0 Å². The second kappa shape index (κ2) is 11.7. The van der Waals surface area contributed by atoms with Crippen molar-refractivity contribution in [2.45, 2.75) is 33.5 Å².